The van der Waals surface area contributed by atoms with Crippen molar-refractivity contribution in [2.24, 2.45) is 4.99 Å². The number of aliphatic carboxylic acids is 1. The van der Waals surface area contributed by atoms with Crippen molar-refractivity contribution in [2.75, 3.05) is 11.1 Å². The van der Waals surface area contributed by atoms with Crippen molar-refractivity contribution in [3.8, 4) is 0 Å². The fourth-order valence-corrected chi connectivity index (χ4v) is 4.81. The third kappa shape index (κ3) is 3.72. The molecule has 1 fully saturated rings. The first-order chi connectivity index (χ1) is 12.6. The molecule has 2 aromatic rings. The minimum atomic E-state index is -0.789. The molecule has 0 spiro atoms. The molecule has 5 nitrogen and oxygen atoms in total. The number of hydrogen-bond donors (Lipinski definition) is 3. The van der Waals surface area contributed by atoms with Gasteiger partial charge in [-0.2, -0.15) is 0 Å². The molecule has 1 atom stereocenters. The number of carboxylic acids is 1. The van der Waals surface area contributed by atoms with Gasteiger partial charge >= 0.3 is 5.97 Å². The van der Waals surface area contributed by atoms with Crippen molar-refractivity contribution < 1.29 is 14.3 Å². The zero-order chi connectivity index (χ0) is 18.1. The maximum absolute atomic E-state index is 14.1. The summed E-state index contributed by atoms with van der Waals surface area (Å²) in [6, 6.07) is 5.47. The van der Waals surface area contributed by atoms with E-state index in [1.165, 1.54) is 18.9 Å². The Labute approximate surface area is 155 Å². The summed E-state index contributed by atoms with van der Waals surface area (Å²) in [7, 11) is 0. The number of carbonyl (C=O) groups is 1. The SMILES string of the molecule is O=C(O)CC[C@@H]1CSC(c2cc3cc(F)cc(NC4CCCC4)c3[nH]2)=N1. The highest BCUT2D eigenvalue weighted by molar-refractivity contribution is 8.14. The summed E-state index contributed by atoms with van der Waals surface area (Å²) in [5.74, 6) is -0.245. The third-order valence-electron chi connectivity index (χ3n) is 5.04. The topological polar surface area (TPSA) is 77.5 Å². The Bertz CT molecular complexity index is 858. The van der Waals surface area contributed by atoms with E-state index in [0.717, 1.165) is 45.9 Å². The highest BCUT2D eigenvalue weighted by Crippen LogP contribution is 2.32. The summed E-state index contributed by atoms with van der Waals surface area (Å²) < 4.78 is 14.1. The van der Waals surface area contributed by atoms with Gasteiger partial charge in [0, 0.05) is 23.6 Å². The van der Waals surface area contributed by atoms with Gasteiger partial charge in [0.2, 0.25) is 0 Å². The number of aromatic amines is 1. The van der Waals surface area contributed by atoms with E-state index < -0.39 is 5.97 Å². The lowest BCUT2D eigenvalue weighted by molar-refractivity contribution is -0.137. The van der Waals surface area contributed by atoms with E-state index >= 15 is 0 Å². The molecule has 2 heterocycles. The average molecular weight is 375 g/mol. The molecule has 1 aromatic carbocycles. The molecule has 3 N–H and O–H groups in total. The molecule has 1 aromatic heterocycles. The van der Waals surface area contributed by atoms with Crippen LogP contribution in [0, 0.1) is 5.82 Å². The van der Waals surface area contributed by atoms with Gasteiger partial charge < -0.3 is 15.4 Å². The Balaban J connectivity index is 1.59. The Morgan fingerprint density at radius 1 is 1.35 bits per heavy atom. The number of rotatable bonds is 6. The van der Waals surface area contributed by atoms with Crippen LogP contribution in [-0.4, -0.2) is 38.9 Å². The molecule has 26 heavy (non-hydrogen) atoms. The molecule has 1 saturated carbocycles. The summed E-state index contributed by atoms with van der Waals surface area (Å²) in [6.45, 7) is 0. The van der Waals surface area contributed by atoms with E-state index in [0.29, 0.717) is 12.5 Å². The summed E-state index contributed by atoms with van der Waals surface area (Å²) in [6.07, 6.45) is 5.37. The molecule has 0 radical (unpaired) electrons. The van der Waals surface area contributed by atoms with Crippen LogP contribution in [0.3, 0.4) is 0 Å². The van der Waals surface area contributed by atoms with Crippen LogP contribution >= 0.6 is 11.8 Å². The first-order valence-corrected chi connectivity index (χ1v) is 10.1. The van der Waals surface area contributed by atoms with E-state index in [-0.39, 0.29) is 18.3 Å². The van der Waals surface area contributed by atoms with Crippen LogP contribution < -0.4 is 5.32 Å². The number of nitrogens with zero attached hydrogens (tertiary/aromatic N) is 1. The average Bonchev–Trinajstić information content (AvgIpc) is 3.32. The predicted molar refractivity (Wildman–Crippen MR) is 104 cm³/mol. The normalized spacial score (nSPS) is 20.7. The first-order valence-electron chi connectivity index (χ1n) is 9.10. The summed E-state index contributed by atoms with van der Waals surface area (Å²) in [5.41, 5.74) is 2.60. The fraction of sp³-hybridized carbons (Fsp3) is 0.474. The smallest absolute Gasteiger partial charge is 0.303 e. The zero-order valence-electron chi connectivity index (χ0n) is 14.4. The van der Waals surface area contributed by atoms with E-state index in [1.54, 1.807) is 17.8 Å². The Morgan fingerprint density at radius 2 is 2.15 bits per heavy atom. The van der Waals surface area contributed by atoms with E-state index in [4.69, 9.17) is 5.11 Å². The number of halogens is 1. The van der Waals surface area contributed by atoms with Crippen LogP contribution in [0.2, 0.25) is 0 Å². The second-order valence-electron chi connectivity index (χ2n) is 7.06. The monoisotopic (exact) mass is 375 g/mol. The number of nitrogens with one attached hydrogen (secondary N) is 2. The van der Waals surface area contributed by atoms with Gasteiger partial charge in [-0.1, -0.05) is 12.8 Å². The van der Waals surface area contributed by atoms with Crippen LogP contribution in [-0.2, 0) is 4.79 Å². The van der Waals surface area contributed by atoms with E-state index in [9.17, 15) is 9.18 Å². The molecule has 0 bridgehead atoms. The predicted octanol–water partition coefficient (Wildman–Crippen LogP) is 4.39. The van der Waals surface area contributed by atoms with Gasteiger partial charge in [0.25, 0.3) is 0 Å². The fourth-order valence-electron chi connectivity index (χ4n) is 3.73. The summed E-state index contributed by atoms with van der Waals surface area (Å²) >= 11 is 1.63. The van der Waals surface area contributed by atoms with Crippen LogP contribution in [0.5, 0.6) is 0 Å². The lowest BCUT2D eigenvalue weighted by atomic mass is 10.2. The van der Waals surface area contributed by atoms with Crippen LogP contribution in [0.4, 0.5) is 10.1 Å². The second kappa shape index (κ2) is 7.31. The quantitative estimate of drug-likeness (QED) is 0.700. The summed E-state index contributed by atoms with van der Waals surface area (Å²) in [4.78, 5) is 18.8. The van der Waals surface area contributed by atoms with Crippen molar-refractivity contribution in [2.45, 2.75) is 50.6 Å². The standard InChI is InChI=1S/C19H22FN3O2S/c20-12-7-11-8-16(19-22-14(10-26-19)5-6-17(24)25)23-18(11)15(9-12)21-13-3-1-2-4-13/h7-9,13-14,21,23H,1-6,10H2,(H,24,25)/t14-/m1/s1. The number of carboxylic acid groups (broad SMARTS) is 1. The number of hydrogen-bond acceptors (Lipinski definition) is 4. The highest BCUT2D eigenvalue weighted by Gasteiger charge is 2.22. The number of aliphatic imine (C=N–C) groups is 1. The Hall–Kier alpha value is -2.02. The highest BCUT2D eigenvalue weighted by atomic mass is 32.2. The van der Waals surface area contributed by atoms with Crippen LogP contribution in [0.15, 0.2) is 23.2 Å². The number of thioether (sulfide) groups is 1. The molecule has 0 saturated heterocycles. The number of benzene rings is 1. The molecule has 1 aliphatic carbocycles. The molecule has 0 unspecified atom stereocenters. The molecule has 0 amide bonds. The largest absolute Gasteiger partial charge is 0.481 e. The van der Waals surface area contributed by atoms with Crippen LogP contribution in [0.25, 0.3) is 10.9 Å². The van der Waals surface area contributed by atoms with Gasteiger partial charge in [0.05, 0.1) is 22.9 Å². The van der Waals surface area contributed by atoms with E-state index in [1.807, 2.05) is 6.07 Å². The van der Waals surface area contributed by atoms with Crippen molar-refractivity contribution >= 4 is 39.4 Å². The minimum absolute atomic E-state index is 0.0327. The van der Waals surface area contributed by atoms with E-state index in [2.05, 4.69) is 15.3 Å². The maximum Gasteiger partial charge on any atom is 0.303 e. The van der Waals surface area contributed by atoms with Gasteiger partial charge in [-0.05, 0) is 37.5 Å². The molecule has 2 aliphatic rings. The van der Waals surface area contributed by atoms with Crippen molar-refractivity contribution in [3.63, 3.8) is 0 Å². The van der Waals surface area contributed by atoms with Crippen molar-refractivity contribution in [3.05, 3.63) is 29.7 Å². The maximum atomic E-state index is 14.1. The van der Waals surface area contributed by atoms with Gasteiger partial charge in [-0.3, -0.25) is 9.79 Å². The molecular formula is C19H22FN3O2S. The minimum Gasteiger partial charge on any atom is -0.481 e. The molecule has 138 valence electrons. The number of anilines is 1. The van der Waals surface area contributed by atoms with Gasteiger partial charge in [-0.25, -0.2) is 4.39 Å². The Morgan fingerprint density at radius 3 is 2.92 bits per heavy atom. The zero-order valence-corrected chi connectivity index (χ0v) is 15.2. The second-order valence-corrected chi connectivity index (χ2v) is 8.07. The first kappa shape index (κ1) is 17.4. The molecule has 4 rings (SSSR count). The lowest BCUT2D eigenvalue weighted by Crippen LogP contribution is -2.14. The van der Waals surface area contributed by atoms with Gasteiger partial charge in [0.1, 0.15) is 10.9 Å². The van der Waals surface area contributed by atoms with Crippen molar-refractivity contribution in [1.29, 1.82) is 0 Å². The lowest BCUT2D eigenvalue weighted by Gasteiger charge is -2.14. The number of fused-ring (bicyclic) bond motifs is 1. The summed E-state index contributed by atoms with van der Waals surface area (Å²) in [5, 5.41) is 14.0. The Kier molecular flexibility index (Phi) is 4.89. The number of aromatic nitrogens is 1. The van der Waals surface area contributed by atoms with Crippen molar-refractivity contribution in [1.82, 2.24) is 4.98 Å². The van der Waals surface area contributed by atoms with Gasteiger partial charge in [-0.15, -0.1) is 11.8 Å². The molecule has 1 aliphatic heterocycles. The number of H-pyrrole nitrogens is 1. The van der Waals surface area contributed by atoms with Crippen LogP contribution in [0.1, 0.15) is 44.2 Å². The molecular weight excluding hydrogens is 353 g/mol. The van der Waals surface area contributed by atoms with Gasteiger partial charge in [0.15, 0.2) is 0 Å². The molecule has 7 heteroatoms. The third-order valence-corrected chi connectivity index (χ3v) is 6.19.